The van der Waals surface area contributed by atoms with E-state index in [1.165, 1.54) is 23.9 Å². The van der Waals surface area contributed by atoms with E-state index in [1.54, 1.807) is 24.0 Å². The van der Waals surface area contributed by atoms with Crippen LogP contribution in [0.4, 0.5) is 4.39 Å². The number of amides is 2. The Balaban J connectivity index is 1.96. The second kappa shape index (κ2) is 13.1. The summed E-state index contributed by atoms with van der Waals surface area (Å²) >= 11 is 1.48. The fraction of sp³-hybridized carbons (Fsp3) is 0.417. The smallest absolute Gasteiger partial charge is 0.242 e. The molecule has 6 heteroatoms. The summed E-state index contributed by atoms with van der Waals surface area (Å²) in [6.45, 7) is 4.97. The van der Waals surface area contributed by atoms with Crippen molar-refractivity contribution in [3.63, 3.8) is 0 Å². The summed E-state index contributed by atoms with van der Waals surface area (Å²) in [6.07, 6.45) is 2.62. The molecule has 0 aliphatic carbocycles. The van der Waals surface area contributed by atoms with Crippen molar-refractivity contribution in [1.82, 2.24) is 10.2 Å². The third-order valence-electron chi connectivity index (χ3n) is 4.89. The van der Waals surface area contributed by atoms with Crippen LogP contribution in [0.3, 0.4) is 0 Å². The third kappa shape index (κ3) is 8.19. The van der Waals surface area contributed by atoms with Crippen LogP contribution in [-0.4, -0.2) is 41.6 Å². The van der Waals surface area contributed by atoms with Gasteiger partial charge in [0.05, 0.1) is 5.75 Å². The third-order valence-corrected chi connectivity index (χ3v) is 5.88. The number of nitrogens with one attached hydrogen (secondary N) is 1. The largest absolute Gasteiger partial charge is 0.354 e. The first-order valence-electron chi connectivity index (χ1n) is 10.4. The van der Waals surface area contributed by atoms with E-state index in [0.717, 1.165) is 24.0 Å². The Morgan fingerprint density at radius 1 is 1.07 bits per heavy atom. The van der Waals surface area contributed by atoms with Crippen LogP contribution < -0.4 is 5.32 Å². The van der Waals surface area contributed by atoms with Gasteiger partial charge < -0.3 is 10.2 Å². The summed E-state index contributed by atoms with van der Waals surface area (Å²) in [7, 11) is 0. The van der Waals surface area contributed by atoms with Crippen LogP contribution >= 0.6 is 11.8 Å². The number of benzene rings is 2. The molecule has 0 heterocycles. The van der Waals surface area contributed by atoms with Gasteiger partial charge >= 0.3 is 0 Å². The molecular formula is C24H31FN2O2S. The maximum absolute atomic E-state index is 13.0. The molecule has 2 aromatic rings. The summed E-state index contributed by atoms with van der Waals surface area (Å²) in [4.78, 5) is 27.2. The molecule has 2 rings (SSSR count). The van der Waals surface area contributed by atoms with Gasteiger partial charge in [0.2, 0.25) is 11.8 Å². The summed E-state index contributed by atoms with van der Waals surface area (Å²) < 4.78 is 13.0. The Hall–Kier alpha value is -2.34. The lowest BCUT2D eigenvalue weighted by atomic mass is 10.1. The molecule has 0 saturated heterocycles. The van der Waals surface area contributed by atoms with Crippen molar-refractivity contribution < 1.29 is 14.0 Å². The highest BCUT2D eigenvalue weighted by Gasteiger charge is 2.25. The molecule has 0 fully saturated rings. The predicted octanol–water partition coefficient (Wildman–Crippen LogP) is 4.44. The molecule has 0 aliphatic rings. The van der Waals surface area contributed by atoms with E-state index < -0.39 is 6.04 Å². The van der Waals surface area contributed by atoms with Crippen LogP contribution in [0.25, 0.3) is 0 Å². The van der Waals surface area contributed by atoms with Gasteiger partial charge in [-0.3, -0.25) is 9.59 Å². The highest BCUT2D eigenvalue weighted by Crippen LogP contribution is 2.15. The van der Waals surface area contributed by atoms with Gasteiger partial charge in [0.25, 0.3) is 0 Å². The van der Waals surface area contributed by atoms with Gasteiger partial charge in [-0.25, -0.2) is 4.39 Å². The van der Waals surface area contributed by atoms with Gasteiger partial charge in [-0.1, -0.05) is 55.8 Å². The number of hydrogen-bond donors (Lipinski definition) is 1. The quantitative estimate of drug-likeness (QED) is 0.507. The molecule has 0 bridgehead atoms. The van der Waals surface area contributed by atoms with E-state index in [0.29, 0.717) is 25.3 Å². The zero-order chi connectivity index (χ0) is 21.8. The average molecular weight is 431 g/mol. The van der Waals surface area contributed by atoms with E-state index in [2.05, 4.69) is 12.2 Å². The Morgan fingerprint density at radius 3 is 2.43 bits per heavy atom. The van der Waals surface area contributed by atoms with E-state index in [-0.39, 0.29) is 23.4 Å². The molecule has 4 nitrogen and oxygen atoms in total. The molecule has 0 saturated carbocycles. The van der Waals surface area contributed by atoms with Crippen LogP contribution in [-0.2, 0) is 21.8 Å². The van der Waals surface area contributed by atoms with E-state index in [1.807, 2.05) is 30.3 Å². The van der Waals surface area contributed by atoms with Crippen molar-refractivity contribution >= 4 is 23.6 Å². The number of nitrogens with zero attached hydrogens (tertiary/aromatic N) is 1. The van der Waals surface area contributed by atoms with Crippen molar-refractivity contribution in [3.05, 3.63) is 71.5 Å². The van der Waals surface area contributed by atoms with E-state index in [4.69, 9.17) is 0 Å². The molecule has 30 heavy (non-hydrogen) atoms. The van der Waals surface area contributed by atoms with Crippen LogP contribution in [0, 0.1) is 5.82 Å². The molecule has 162 valence electrons. The molecular weight excluding hydrogens is 399 g/mol. The minimum absolute atomic E-state index is 0.0591. The van der Waals surface area contributed by atoms with Crippen molar-refractivity contribution in [2.75, 3.05) is 18.8 Å². The number of halogens is 1. The van der Waals surface area contributed by atoms with Crippen LogP contribution in [0.2, 0.25) is 0 Å². The molecule has 0 aromatic heterocycles. The normalized spacial score (nSPS) is 11.7. The molecule has 1 N–H and O–H groups in total. The fourth-order valence-corrected chi connectivity index (χ4v) is 3.90. The van der Waals surface area contributed by atoms with Crippen molar-refractivity contribution in [2.24, 2.45) is 0 Å². The zero-order valence-corrected chi connectivity index (χ0v) is 18.6. The number of rotatable bonds is 12. The lowest BCUT2D eigenvalue weighted by molar-refractivity contribution is -0.137. The van der Waals surface area contributed by atoms with E-state index in [9.17, 15) is 14.0 Å². The van der Waals surface area contributed by atoms with Gasteiger partial charge in [0.1, 0.15) is 11.9 Å². The highest BCUT2D eigenvalue weighted by molar-refractivity contribution is 7.99. The second-order valence-corrected chi connectivity index (χ2v) is 8.25. The first-order chi connectivity index (χ1) is 14.5. The monoisotopic (exact) mass is 430 g/mol. The molecule has 2 amide bonds. The number of unbranched alkanes of at least 4 members (excludes halogenated alkanes) is 1. The Morgan fingerprint density at radius 2 is 1.77 bits per heavy atom. The minimum Gasteiger partial charge on any atom is -0.354 e. The number of carbonyl (C=O) groups excluding carboxylic acids is 2. The zero-order valence-electron chi connectivity index (χ0n) is 17.8. The maximum Gasteiger partial charge on any atom is 0.242 e. The molecule has 1 atom stereocenters. The van der Waals surface area contributed by atoms with Crippen molar-refractivity contribution in [2.45, 2.75) is 44.9 Å². The van der Waals surface area contributed by atoms with Crippen LogP contribution in [0.15, 0.2) is 54.6 Å². The molecule has 0 radical (unpaired) electrons. The van der Waals surface area contributed by atoms with Gasteiger partial charge in [-0.05, 0) is 43.0 Å². The fourth-order valence-electron chi connectivity index (χ4n) is 3.03. The van der Waals surface area contributed by atoms with Crippen molar-refractivity contribution in [3.8, 4) is 0 Å². The SMILES string of the molecule is CCCCNC(=O)[C@H](C)N(CCc1ccccc1)C(=O)CSCc1ccc(F)cc1. The number of carbonyl (C=O) groups is 2. The van der Waals surface area contributed by atoms with Gasteiger partial charge in [-0.15, -0.1) is 11.8 Å². The second-order valence-electron chi connectivity index (χ2n) is 7.26. The first kappa shape index (κ1) is 23.9. The predicted molar refractivity (Wildman–Crippen MR) is 122 cm³/mol. The first-order valence-corrected chi connectivity index (χ1v) is 11.6. The summed E-state index contributed by atoms with van der Waals surface area (Å²) in [5.74, 6) is 0.452. The highest BCUT2D eigenvalue weighted by atomic mass is 32.2. The molecule has 0 spiro atoms. The van der Waals surface area contributed by atoms with Crippen LogP contribution in [0.5, 0.6) is 0 Å². The number of hydrogen-bond acceptors (Lipinski definition) is 3. The molecule has 0 unspecified atom stereocenters. The Kier molecular flexibility index (Phi) is 10.4. The Bertz CT molecular complexity index is 784. The van der Waals surface area contributed by atoms with Gasteiger partial charge in [0, 0.05) is 18.8 Å². The number of thioether (sulfide) groups is 1. The van der Waals surface area contributed by atoms with Crippen LogP contribution in [0.1, 0.15) is 37.8 Å². The van der Waals surface area contributed by atoms with Crippen molar-refractivity contribution in [1.29, 1.82) is 0 Å². The molecule has 0 aliphatic heterocycles. The van der Waals surface area contributed by atoms with Gasteiger partial charge in [-0.2, -0.15) is 0 Å². The molecule has 2 aromatic carbocycles. The summed E-state index contributed by atoms with van der Waals surface area (Å²) in [6, 6.07) is 15.7. The van der Waals surface area contributed by atoms with Gasteiger partial charge in [0.15, 0.2) is 0 Å². The maximum atomic E-state index is 13.0. The summed E-state index contributed by atoms with van der Waals surface area (Å²) in [5, 5.41) is 2.93. The lowest BCUT2D eigenvalue weighted by Crippen LogP contribution is -2.49. The topological polar surface area (TPSA) is 49.4 Å². The van der Waals surface area contributed by atoms with E-state index >= 15 is 0 Å². The average Bonchev–Trinajstić information content (AvgIpc) is 2.76. The standard InChI is InChI=1S/C24H31FN2O2S/c1-3-4-15-26-24(29)19(2)27(16-14-20-8-6-5-7-9-20)23(28)18-30-17-21-10-12-22(25)13-11-21/h5-13,19H,3-4,14-18H2,1-2H3,(H,26,29)/t19-/m0/s1. The lowest BCUT2D eigenvalue weighted by Gasteiger charge is -2.28. The summed E-state index contributed by atoms with van der Waals surface area (Å²) in [5.41, 5.74) is 2.10. The Labute approximate surface area is 183 Å². The minimum atomic E-state index is -0.524.